The van der Waals surface area contributed by atoms with Crippen molar-refractivity contribution < 1.29 is 4.79 Å². The van der Waals surface area contributed by atoms with Crippen LogP contribution in [-0.4, -0.2) is 50.3 Å². The van der Waals surface area contributed by atoms with Crippen molar-refractivity contribution >= 4 is 16.9 Å². The van der Waals surface area contributed by atoms with E-state index >= 15 is 0 Å². The van der Waals surface area contributed by atoms with Gasteiger partial charge in [-0.3, -0.25) is 0 Å². The summed E-state index contributed by atoms with van der Waals surface area (Å²) in [6, 6.07) is 18.7. The Balaban J connectivity index is 1.28. The average Bonchev–Trinajstić information content (AvgIpc) is 3.46. The first-order valence-electron chi connectivity index (χ1n) is 11.2. The predicted molar refractivity (Wildman–Crippen MR) is 125 cm³/mol. The van der Waals surface area contributed by atoms with Crippen molar-refractivity contribution in [1.82, 2.24) is 30.0 Å². The number of amides is 2. The number of benzene rings is 2. The fraction of sp³-hybridized carbons (Fsp3) is 0.320. The van der Waals surface area contributed by atoms with E-state index in [1.165, 1.54) is 16.5 Å². The van der Waals surface area contributed by atoms with E-state index in [0.717, 1.165) is 37.3 Å². The first-order chi connectivity index (χ1) is 15.7. The second kappa shape index (κ2) is 8.86. The van der Waals surface area contributed by atoms with Crippen LogP contribution >= 0.6 is 0 Å². The number of aromatic nitrogens is 4. The van der Waals surface area contributed by atoms with Crippen molar-refractivity contribution in [3.05, 3.63) is 84.1 Å². The van der Waals surface area contributed by atoms with Gasteiger partial charge in [0.25, 0.3) is 0 Å². The van der Waals surface area contributed by atoms with E-state index in [2.05, 4.69) is 69.2 Å². The second-order valence-electron chi connectivity index (χ2n) is 8.50. The van der Waals surface area contributed by atoms with Gasteiger partial charge in [-0.25, -0.2) is 4.79 Å². The summed E-state index contributed by atoms with van der Waals surface area (Å²) in [5.41, 5.74) is 3.51. The minimum Gasteiger partial charge on any atom is -0.361 e. The molecule has 0 saturated carbocycles. The molecule has 2 amide bonds. The number of likely N-dealkylation sites (tertiary alicyclic amines) is 1. The highest BCUT2D eigenvalue weighted by Gasteiger charge is 2.27. The minimum absolute atomic E-state index is 0.00203. The van der Waals surface area contributed by atoms with Gasteiger partial charge in [-0.15, -0.1) is 10.2 Å². The summed E-state index contributed by atoms with van der Waals surface area (Å²) in [6.07, 6.45) is 5.62. The molecule has 0 radical (unpaired) electrons. The number of nitrogens with one attached hydrogen (secondary N) is 2. The summed E-state index contributed by atoms with van der Waals surface area (Å²) in [7, 11) is 1.98. The zero-order valence-corrected chi connectivity index (χ0v) is 18.2. The molecule has 2 aromatic heterocycles. The molecule has 1 saturated heterocycles. The molecule has 0 spiro atoms. The lowest BCUT2D eigenvalue weighted by Crippen LogP contribution is -2.45. The highest BCUT2D eigenvalue weighted by molar-refractivity contribution is 5.84. The van der Waals surface area contributed by atoms with Gasteiger partial charge in [0.2, 0.25) is 0 Å². The van der Waals surface area contributed by atoms with Crippen molar-refractivity contribution in [2.75, 3.05) is 19.6 Å². The maximum absolute atomic E-state index is 13.0. The standard InChI is InChI=1S/C25H28N6O/c1-30-17-28-29-24(30)19-11-13-31(14-12-19)25(32)27-15-21(18-7-3-2-4-8-18)22-16-26-23-10-6-5-9-20(22)23/h2-10,16-17,19,21,26H,11-15H2,1H3,(H,27,32). The summed E-state index contributed by atoms with van der Waals surface area (Å²) in [5.74, 6) is 1.44. The van der Waals surface area contributed by atoms with E-state index < -0.39 is 0 Å². The van der Waals surface area contributed by atoms with Crippen LogP contribution in [0.15, 0.2) is 67.1 Å². The lowest BCUT2D eigenvalue weighted by molar-refractivity contribution is 0.179. The fourth-order valence-electron chi connectivity index (χ4n) is 4.78. The van der Waals surface area contributed by atoms with Gasteiger partial charge in [0, 0.05) is 55.6 Å². The molecular weight excluding hydrogens is 400 g/mol. The summed E-state index contributed by atoms with van der Waals surface area (Å²) >= 11 is 0. The van der Waals surface area contributed by atoms with Gasteiger partial charge >= 0.3 is 6.03 Å². The van der Waals surface area contributed by atoms with Crippen molar-refractivity contribution in [2.45, 2.75) is 24.7 Å². The third kappa shape index (κ3) is 3.98. The molecule has 1 fully saturated rings. The van der Waals surface area contributed by atoms with Crippen LogP contribution in [0.4, 0.5) is 4.79 Å². The fourth-order valence-corrected chi connectivity index (χ4v) is 4.78. The van der Waals surface area contributed by atoms with Gasteiger partial charge in [-0.05, 0) is 30.0 Å². The number of hydrogen-bond donors (Lipinski definition) is 2. The Hall–Kier alpha value is -3.61. The summed E-state index contributed by atoms with van der Waals surface area (Å²) < 4.78 is 1.98. The molecule has 5 rings (SSSR count). The first kappa shape index (κ1) is 20.3. The number of rotatable bonds is 5. The average molecular weight is 429 g/mol. The Labute approximate surface area is 187 Å². The van der Waals surface area contributed by atoms with Gasteiger partial charge in [0.15, 0.2) is 0 Å². The number of nitrogens with zero attached hydrogens (tertiary/aromatic N) is 4. The molecule has 32 heavy (non-hydrogen) atoms. The largest absolute Gasteiger partial charge is 0.361 e. The van der Waals surface area contributed by atoms with E-state index in [-0.39, 0.29) is 11.9 Å². The predicted octanol–water partition coefficient (Wildman–Crippen LogP) is 4.02. The number of aromatic amines is 1. The topological polar surface area (TPSA) is 78.8 Å². The second-order valence-corrected chi connectivity index (χ2v) is 8.50. The molecule has 1 aliphatic rings. The molecule has 0 bridgehead atoms. The van der Waals surface area contributed by atoms with Gasteiger partial charge in [0.05, 0.1) is 0 Å². The maximum Gasteiger partial charge on any atom is 0.317 e. The molecule has 1 unspecified atom stereocenters. The Morgan fingerprint density at radius 1 is 1.12 bits per heavy atom. The van der Waals surface area contributed by atoms with Gasteiger partial charge in [-0.2, -0.15) is 0 Å². The number of urea groups is 1. The molecule has 2 N–H and O–H groups in total. The lowest BCUT2D eigenvalue weighted by atomic mass is 9.91. The Morgan fingerprint density at radius 2 is 1.88 bits per heavy atom. The Kier molecular flexibility index (Phi) is 5.62. The molecule has 1 atom stereocenters. The van der Waals surface area contributed by atoms with Crippen LogP contribution < -0.4 is 5.32 Å². The van der Waals surface area contributed by atoms with E-state index in [4.69, 9.17) is 0 Å². The smallest absolute Gasteiger partial charge is 0.317 e. The van der Waals surface area contributed by atoms with Gasteiger partial charge in [0.1, 0.15) is 12.2 Å². The first-order valence-corrected chi connectivity index (χ1v) is 11.2. The van der Waals surface area contributed by atoms with Crippen LogP contribution in [0.5, 0.6) is 0 Å². The number of carbonyl (C=O) groups excluding carboxylic acids is 1. The molecule has 7 heteroatoms. The molecule has 1 aliphatic heterocycles. The quantitative estimate of drug-likeness (QED) is 0.504. The van der Waals surface area contributed by atoms with E-state index in [0.29, 0.717) is 12.5 Å². The summed E-state index contributed by atoms with van der Waals surface area (Å²) in [6.45, 7) is 2.01. The molecular formula is C25H28N6O. The number of H-pyrrole nitrogens is 1. The van der Waals surface area contributed by atoms with Gasteiger partial charge in [-0.1, -0.05) is 48.5 Å². The van der Waals surface area contributed by atoms with Crippen LogP contribution in [-0.2, 0) is 7.05 Å². The number of carbonyl (C=O) groups is 1. The van der Waals surface area contributed by atoms with Crippen molar-refractivity contribution in [1.29, 1.82) is 0 Å². The van der Waals surface area contributed by atoms with Crippen LogP contribution in [0.3, 0.4) is 0 Å². The molecule has 2 aromatic carbocycles. The molecule has 164 valence electrons. The third-order valence-corrected chi connectivity index (χ3v) is 6.55. The lowest BCUT2D eigenvalue weighted by Gasteiger charge is -2.32. The van der Waals surface area contributed by atoms with Crippen molar-refractivity contribution in [3.63, 3.8) is 0 Å². The van der Waals surface area contributed by atoms with E-state index in [1.54, 1.807) is 6.33 Å². The van der Waals surface area contributed by atoms with Crippen molar-refractivity contribution in [3.8, 4) is 0 Å². The number of aryl methyl sites for hydroxylation is 1. The van der Waals surface area contributed by atoms with E-state index in [1.807, 2.05) is 28.6 Å². The molecule has 0 aliphatic carbocycles. The zero-order valence-electron chi connectivity index (χ0n) is 18.2. The molecule has 4 aromatic rings. The van der Waals surface area contributed by atoms with Crippen molar-refractivity contribution in [2.24, 2.45) is 7.05 Å². The van der Waals surface area contributed by atoms with Crippen LogP contribution in [0.25, 0.3) is 10.9 Å². The zero-order chi connectivity index (χ0) is 21.9. The number of piperidine rings is 1. The summed E-state index contributed by atoms with van der Waals surface area (Å²) in [5, 5.41) is 12.6. The van der Waals surface area contributed by atoms with Crippen LogP contribution in [0, 0.1) is 0 Å². The number of para-hydroxylation sites is 1. The Morgan fingerprint density at radius 3 is 2.62 bits per heavy atom. The third-order valence-electron chi connectivity index (χ3n) is 6.55. The van der Waals surface area contributed by atoms with Gasteiger partial charge < -0.3 is 19.8 Å². The SMILES string of the molecule is Cn1cnnc1C1CCN(C(=O)NCC(c2ccccc2)c2c[nH]c3ccccc23)CC1. The van der Waals surface area contributed by atoms with E-state index in [9.17, 15) is 4.79 Å². The van der Waals surface area contributed by atoms with Crippen LogP contribution in [0.2, 0.25) is 0 Å². The number of fused-ring (bicyclic) bond motifs is 1. The Bertz CT molecular complexity index is 1190. The monoisotopic (exact) mass is 428 g/mol. The minimum atomic E-state index is 0.00203. The van der Waals surface area contributed by atoms with Crippen LogP contribution in [0.1, 0.15) is 41.6 Å². The highest BCUT2D eigenvalue weighted by Crippen LogP contribution is 2.31. The normalized spacial score (nSPS) is 15.7. The molecule has 3 heterocycles. The summed E-state index contributed by atoms with van der Waals surface area (Å²) in [4.78, 5) is 18.3. The number of hydrogen-bond acceptors (Lipinski definition) is 3. The molecule has 7 nitrogen and oxygen atoms in total. The maximum atomic E-state index is 13.0. The highest BCUT2D eigenvalue weighted by atomic mass is 16.2.